The predicted molar refractivity (Wildman–Crippen MR) is 117 cm³/mol. The van der Waals surface area contributed by atoms with Crippen LogP contribution in [0.3, 0.4) is 0 Å². The average molecular weight is 434 g/mol. The highest BCUT2D eigenvalue weighted by molar-refractivity contribution is 5.95. The molecule has 0 saturated carbocycles. The molecule has 1 fully saturated rings. The van der Waals surface area contributed by atoms with Crippen LogP contribution in [0.4, 0.5) is 0 Å². The van der Waals surface area contributed by atoms with Crippen LogP contribution in [-0.2, 0) is 6.42 Å². The molecule has 30 heavy (non-hydrogen) atoms. The van der Waals surface area contributed by atoms with Gasteiger partial charge in [0, 0.05) is 17.8 Å². The summed E-state index contributed by atoms with van der Waals surface area (Å²) in [7, 11) is 1.61. The van der Waals surface area contributed by atoms with Gasteiger partial charge in [0.25, 0.3) is 11.5 Å². The molecule has 3 heterocycles. The summed E-state index contributed by atoms with van der Waals surface area (Å²) in [6, 6.07) is 7.52. The molecular weight excluding hydrogens is 406 g/mol. The van der Waals surface area contributed by atoms with Gasteiger partial charge in [0.05, 0.1) is 13.2 Å². The van der Waals surface area contributed by atoms with Crippen LogP contribution in [0.5, 0.6) is 11.5 Å². The SMILES string of the molecule is COc1cccc2c1OCC(NC(=O)c1c(C)ccn(C3CCNCC3)c1=O)C2.Cl. The topological polar surface area (TPSA) is 81.6 Å². The van der Waals surface area contributed by atoms with Gasteiger partial charge in [-0.05, 0) is 57.0 Å². The molecule has 0 spiro atoms. The molecule has 0 bridgehead atoms. The minimum atomic E-state index is -0.337. The highest BCUT2D eigenvalue weighted by Crippen LogP contribution is 2.34. The number of ether oxygens (including phenoxy) is 2. The van der Waals surface area contributed by atoms with Crippen molar-refractivity contribution >= 4 is 18.3 Å². The molecule has 1 saturated heterocycles. The fraction of sp³-hybridized carbons (Fsp3) is 0.455. The standard InChI is InChI=1S/C22H27N3O4.ClH/c1-14-8-11-25(17-6-9-23-10-7-17)22(27)19(14)21(26)24-16-12-15-4-3-5-18(28-2)20(15)29-13-16;/h3-5,8,11,16-17,23H,6-7,9-10,12-13H2,1-2H3,(H,24,26);1H. The first-order valence-corrected chi connectivity index (χ1v) is 10.1. The number of piperidine rings is 1. The van der Waals surface area contributed by atoms with E-state index in [-0.39, 0.29) is 41.5 Å². The molecule has 2 aromatic rings. The zero-order valence-electron chi connectivity index (χ0n) is 17.3. The minimum Gasteiger partial charge on any atom is -0.493 e. The van der Waals surface area contributed by atoms with Crippen LogP contribution in [0.15, 0.2) is 35.3 Å². The Labute approximate surface area is 182 Å². The molecule has 2 aliphatic heterocycles. The van der Waals surface area contributed by atoms with E-state index in [1.54, 1.807) is 18.6 Å². The molecule has 1 amide bonds. The molecule has 162 valence electrons. The number of rotatable bonds is 4. The van der Waals surface area contributed by atoms with E-state index in [2.05, 4.69) is 10.6 Å². The first kappa shape index (κ1) is 22.2. The van der Waals surface area contributed by atoms with Crippen molar-refractivity contribution in [1.29, 1.82) is 0 Å². The number of para-hydroxylation sites is 1. The Morgan fingerprint density at radius 2 is 2.03 bits per heavy atom. The second kappa shape index (κ2) is 9.53. The van der Waals surface area contributed by atoms with Crippen LogP contribution >= 0.6 is 12.4 Å². The van der Waals surface area contributed by atoms with E-state index in [1.165, 1.54) is 0 Å². The van der Waals surface area contributed by atoms with Gasteiger partial charge in [0.15, 0.2) is 11.5 Å². The zero-order chi connectivity index (χ0) is 20.4. The van der Waals surface area contributed by atoms with Gasteiger partial charge in [-0.2, -0.15) is 0 Å². The summed E-state index contributed by atoms with van der Waals surface area (Å²) >= 11 is 0. The minimum absolute atomic E-state index is 0. The van der Waals surface area contributed by atoms with E-state index in [1.807, 2.05) is 30.5 Å². The summed E-state index contributed by atoms with van der Waals surface area (Å²) < 4.78 is 12.9. The van der Waals surface area contributed by atoms with Crippen molar-refractivity contribution in [2.75, 3.05) is 26.8 Å². The van der Waals surface area contributed by atoms with Crippen molar-refractivity contribution in [1.82, 2.24) is 15.2 Å². The number of hydrogen-bond acceptors (Lipinski definition) is 5. The van der Waals surface area contributed by atoms with E-state index >= 15 is 0 Å². The third-order valence-corrected chi connectivity index (χ3v) is 5.77. The van der Waals surface area contributed by atoms with Gasteiger partial charge in [-0.1, -0.05) is 12.1 Å². The fourth-order valence-electron chi connectivity index (χ4n) is 4.19. The molecule has 2 aliphatic rings. The molecule has 4 rings (SSSR count). The monoisotopic (exact) mass is 433 g/mol. The second-order valence-corrected chi connectivity index (χ2v) is 7.70. The van der Waals surface area contributed by atoms with Crippen molar-refractivity contribution < 1.29 is 14.3 Å². The maximum absolute atomic E-state index is 13.1. The molecule has 1 aromatic heterocycles. The van der Waals surface area contributed by atoms with Crippen molar-refractivity contribution in [3.8, 4) is 11.5 Å². The van der Waals surface area contributed by atoms with E-state index in [4.69, 9.17) is 9.47 Å². The third-order valence-electron chi connectivity index (χ3n) is 5.77. The van der Waals surface area contributed by atoms with Crippen molar-refractivity contribution in [3.63, 3.8) is 0 Å². The molecule has 1 aromatic carbocycles. The highest BCUT2D eigenvalue weighted by atomic mass is 35.5. The first-order valence-electron chi connectivity index (χ1n) is 10.1. The maximum atomic E-state index is 13.1. The lowest BCUT2D eigenvalue weighted by Gasteiger charge is -2.28. The summed E-state index contributed by atoms with van der Waals surface area (Å²) in [5.41, 5.74) is 1.69. The number of benzene rings is 1. The average Bonchev–Trinajstić information content (AvgIpc) is 2.74. The Morgan fingerprint density at radius 1 is 1.27 bits per heavy atom. The van der Waals surface area contributed by atoms with Crippen LogP contribution < -0.4 is 25.7 Å². The molecule has 7 nitrogen and oxygen atoms in total. The van der Waals surface area contributed by atoms with E-state index in [0.717, 1.165) is 37.2 Å². The van der Waals surface area contributed by atoms with Crippen LogP contribution in [0.1, 0.15) is 40.4 Å². The Balaban J connectivity index is 0.00000256. The number of amides is 1. The van der Waals surface area contributed by atoms with Gasteiger partial charge in [-0.3, -0.25) is 9.59 Å². The Hall–Kier alpha value is -2.51. The van der Waals surface area contributed by atoms with Crippen LogP contribution in [0.2, 0.25) is 0 Å². The quantitative estimate of drug-likeness (QED) is 0.772. The molecule has 1 atom stereocenters. The molecular formula is C22H28ClN3O4. The van der Waals surface area contributed by atoms with Gasteiger partial charge in [0.2, 0.25) is 0 Å². The zero-order valence-corrected chi connectivity index (χ0v) is 18.1. The summed E-state index contributed by atoms with van der Waals surface area (Å²) in [4.78, 5) is 26.1. The molecule has 1 unspecified atom stereocenters. The van der Waals surface area contributed by atoms with E-state index in [9.17, 15) is 9.59 Å². The number of hydrogen-bond donors (Lipinski definition) is 2. The molecule has 8 heteroatoms. The van der Waals surface area contributed by atoms with Crippen molar-refractivity contribution in [2.24, 2.45) is 0 Å². The van der Waals surface area contributed by atoms with Gasteiger partial charge in [0.1, 0.15) is 12.2 Å². The smallest absolute Gasteiger partial charge is 0.263 e. The lowest BCUT2D eigenvalue weighted by molar-refractivity contribution is 0.0911. The predicted octanol–water partition coefficient (Wildman–Crippen LogP) is 2.25. The number of fused-ring (bicyclic) bond motifs is 1. The van der Waals surface area contributed by atoms with E-state index in [0.29, 0.717) is 24.3 Å². The lowest BCUT2D eigenvalue weighted by Crippen LogP contribution is -2.45. The molecule has 0 radical (unpaired) electrons. The number of carbonyl (C=O) groups excluding carboxylic acids is 1. The number of pyridine rings is 1. The number of nitrogens with one attached hydrogen (secondary N) is 2. The molecule has 2 N–H and O–H groups in total. The normalized spacial score (nSPS) is 18.5. The Morgan fingerprint density at radius 3 is 2.77 bits per heavy atom. The third kappa shape index (κ3) is 4.32. The van der Waals surface area contributed by atoms with Gasteiger partial charge >= 0.3 is 0 Å². The van der Waals surface area contributed by atoms with Gasteiger partial charge < -0.3 is 24.7 Å². The Kier molecular flexibility index (Phi) is 7.05. The van der Waals surface area contributed by atoms with Crippen LogP contribution in [0, 0.1) is 6.92 Å². The first-order chi connectivity index (χ1) is 14.1. The number of aryl methyl sites for hydroxylation is 1. The van der Waals surface area contributed by atoms with E-state index < -0.39 is 0 Å². The number of methoxy groups -OCH3 is 1. The van der Waals surface area contributed by atoms with Gasteiger partial charge in [-0.15, -0.1) is 12.4 Å². The maximum Gasteiger partial charge on any atom is 0.263 e. The highest BCUT2D eigenvalue weighted by Gasteiger charge is 2.27. The number of carbonyl (C=O) groups is 1. The van der Waals surface area contributed by atoms with Gasteiger partial charge in [-0.25, -0.2) is 0 Å². The number of aromatic nitrogens is 1. The Bertz CT molecular complexity index is 969. The summed E-state index contributed by atoms with van der Waals surface area (Å²) in [5, 5.41) is 6.30. The lowest BCUT2D eigenvalue weighted by atomic mass is 10.0. The second-order valence-electron chi connectivity index (χ2n) is 7.70. The molecule has 0 aliphatic carbocycles. The largest absolute Gasteiger partial charge is 0.493 e. The van der Waals surface area contributed by atoms with Crippen molar-refractivity contribution in [3.05, 3.63) is 57.5 Å². The van der Waals surface area contributed by atoms with Crippen LogP contribution in [-0.4, -0.2) is 43.3 Å². The number of halogens is 1. The number of nitrogens with zero attached hydrogens (tertiary/aromatic N) is 1. The van der Waals surface area contributed by atoms with Crippen LogP contribution in [0.25, 0.3) is 0 Å². The summed E-state index contributed by atoms with van der Waals surface area (Å²) in [6.07, 6.45) is 4.22. The summed E-state index contributed by atoms with van der Waals surface area (Å²) in [5.74, 6) is 1.08. The fourth-order valence-corrected chi connectivity index (χ4v) is 4.19. The summed E-state index contributed by atoms with van der Waals surface area (Å²) in [6.45, 7) is 3.91. The van der Waals surface area contributed by atoms with Crippen molar-refractivity contribution in [2.45, 2.75) is 38.3 Å².